The molecule has 3 rings (SSSR count). The number of rotatable bonds is 4. The summed E-state index contributed by atoms with van der Waals surface area (Å²) < 4.78 is 5.51. The van der Waals surface area contributed by atoms with Gasteiger partial charge in [-0.15, -0.1) is 11.8 Å². The van der Waals surface area contributed by atoms with Gasteiger partial charge in [-0.3, -0.25) is 0 Å². The van der Waals surface area contributed by atoms with E-state index in [1.807, 2.05) is 49.9 Å². The average molecular weight is 417 g/mol. The molecule has 1 aromatic heterocycles. The van der Waals surface area contributed by atoms with Crippen molar-refractivity contribution in [3.8, 4) is 11.4 Å². The molecule has 2 heterocycles. The van der Waals surface area contributed by atoms with Gasteiger partial charge in [0.15, 0.2) is 5.82 Å². The van der Waals surface area contributed by atoms with Crippen LogP contribution >= 0.6 is 11.8 Å². The summed E-state index contributed by atoms with van der Waals surface area (Å²) in [6, 6.07) is 9.91. The molecule has 1 aliphatic rings. The molecule has 1 saturated heterocycles. The van der Waals surface area contributed by atoms with E-state index in [1.165, 1.54) is 0 Å². The van der Waals surface area contributed by atoms with Crippen molar-refractivity contribution in [2.45, 2.75) is 58.0 Å². The van der Waals surface area contributed by atoms with Crippen LogP contribution < -0.4 is 10.6 Å². The molecule has 2 N–H and O–H groups in total. The minimum absolute atomic E-state index is 0.134. The third-order valence-corrected chi connectivity index (χ3v) is 5.73. The summed E-state index contributed by atoms with van der Waals surface area (Å²) in [5.74, 6) is 1.72. The Bertz CT molecular complexity index is 778. The molecule has 0 bridgehead atoms. The topological polar surface area (TPSA) is 64.3 Å². The molecule has 0 saturated carbocycles. The van der Waals surface area contributed by atoms with Gasteiger partial charge in [-0.1, -0.05) is 34.6 Å². The van der Waals surface area contributed by atoms with Gasteiger partial charge < -0.3 is 15.4 Å². The van der Waals surface area contributed by atoms with E-state index in [4.69, 9.17) is 20.4 Å². The van der Waals surface area contributed by atoms with Crippen LogP contribution in [0.2, 0.25) is 0 Å². The van der Waals surface area contributed by atoms with Gasteiger partial charge in [-0.05, 0) is 38.1 Å². The van der Waals surface area contributed by atoms with Crippen LogP contribution in [0.25, 0.3) is 11.4 Å². The Morgan fingerprint density at radius 2 is 1.55 bits per heavy atom. The van der Waals surface area contributed by atoms with E-state index in [1.54, 1.807) is 0 Å². The van der Waals surface area contributed by atoms with Gasteiger partial charge in [-0.25, -0.2) is 9.97 Å². The Labute approximate surface area is 180 Å². The second-order valence-electron chi connectivity index (χ2n) is 8.38. The Morgan fingerprint density at radius 3 is 2.10 bits per heavy atom. The smallest absolute Gasteiger partial charge is 0.161 e. The first-order valence-electron chi connectivity index (χ1n) is 10.4. The molecule has 0 amide bonds. The predicted octanol–water partition coefficient (Wildman–Crippen LogP) is 5.36. The van der Waals surface area contributed by atoms with E-state index >= 15 is 0 Å². The molecular formula is C23H36N4OS. The van der Waals surface area contributed by atoms with Crippen molar-refractivity contribution in [1.29, 1.82) is 0 Å². The van der Waals surface area contributed by atoms with Crippen molar-refractivity contribution < 1.29 is 4.74 Å². The maximum absolute atomic E-state index is 5.85. The van der Waals surface area contributed by atoms with Gasteiger partial charge in [0.05, 0.1) is 23.7 Å². The minimum Gasteiger partial charge on any atom is -0.399 e. The Balaban J connectivity index is 0.00000145. The van der Waals surface area contributed by atoms with E-state index < -0.39 is 0 Å². The highest BCUT2D eigenvalue weighted by atomic mass is 32.2. The van der Waals surface area contributed by atoms with E-state index in [-0.39, 0.29) is 9.49 Å². The summed E-state index contributed by atoms with van der Waals surface area (Å²) in [4.78, 5) is 12.1. The molecule has 0 radical (unpaired) electrons. The number of hydrogen-bond acceptors (Lipinski definition) is 6. The standard InChI is InChI=1S/C21H30N4OS.C2H6/c1-20(2,3)27-21(4,5)17-14-18(25-10-12-26-13-11-25)24-19(23-17)15-6-8-16(22)9-7-15;1-2/h6-9,14H,10-13,22H2,1-5H3;1-2H3. The summed E-state index contributed by atoms with van der Waals surface area (Å²) in [6.45, 7) is 18.4. The number of ether oxygens (including phenoxy) is 1. The fraction of sp³-hybridized carbons (Fsp3) is 0.565. The van der Waals surface area contributed by atoms with E-state index in [2.05, 4.69) is 45.6 Å². The molecule has 160 valence electrons. The van der Waals surface area contributed by atoms with Gasteiger partial charge in [0.1, 0.15) is 5.82 Å². The summed E-state index contributed by atoms with van der Waals surface area (Å²) in [5.41, 5.74) is 8.63. The van der Waals surface area contributed by atoms with E-state index in [0.29, 0.717) is 0 Å². The fourth-order valence-corrected chi connectivity index (χ4v) is 5.02. The number of hydrogen-bond donors (Lipinski definition) is 1. The Kier molecular flexibility index (Phi) is 7.94. The molecule has 29 heavy (non-hydrogen) atoms. The third kappa shape index (κ3) is 6.61. The van der Waals surface area contributed by atoms with Crippen LogP contribution in [-0.2, 0) is 9.48 Å². The number of nitrogens with two attached hydrogens (primary N) is 1. The monoisotopic (exact) mass is 416 g/mol. The largest absolute Gasteiger partial charge is 0.399 e. The molecule has 1 aliphatic heterocycles. The van der Waals surface area contributed by atoms with E-state index in [0.717, 1.165) is 54.9 Å². The zero-order valence-corrected chi connectivity index (χ0v) is 19.8. The molecule has 0 unspecified atom stereocenters. The molecule has 0 aliphatic carbocycles. The van der Waals surface area contributed by atoms with Crippen LogP contribution in [0.4, 0.5) is 11.5 Å². The van der Waals surface area contributed by atoms with Crippen molar-refractivity contribution in [3.05, 3.63) is 36.0 Å². The fourth-order valence-electron chi connectivity index (χ4n) is 3.28. The zero-order chi connectivity index (χ0) is 21.7. The van der Waals surface area contributed by atoms with Crippen LogP contribution in [0.15, 0.2) is 30.3 Å². The maximum atomic E-state index is 5.85. The molecule has 0 atom stereocenters. The van der Waals surface area contributed by atoms with Gasteiger partial charge >= 0.3 is 0 Å². The second kappa shape index (κ2) is 9.81. The number of morpholine rings is 1. The van der Waals surface area contributed by atoms with Gasteiger partial charge in [0, 0.05) is 35.2 Å². The lowest BCUT2D eigenvalue weighted by molar-refractivity contribution is 0.122. The van der Waals surface area contributed by atoms with Crippen molar-refractivity contribution in [3.63, 3.8) is 0 Å². The second-order valence-corrected chi connectivity index (χ2v) is 10.8. The third-order valence-electron chi connectivity index (χ3n) is 4.39. The van der Waals surface area contributed by atoms with Crippen LogP contribution in [-0.4, -0.2) is 41.0 Å². The lowest BCUT2D eigenvalue weighted by Crippen LogP contribution is -2.37. The number of aromatic nitrogens is 2. The van der Waals surface area contributed by atoms with Crippen LogP contribution in [0, 0.1) is 0 Å². The van der Waals surface area contributed by atoms with Crippen molar-refractivity contribution in [1.82, 2.24) is 9.97 Å². The number of thioether (sulfide) groups is 1. The quantitative estimate of drug-likeness (QED) is 0.677. The summed E-state index contributed by atoms with van der Waals surface area (Å²) in [7, 11) is 0. The highest BCUT2D eigenvalue weighted by Gasteiger charge is 2.31. The normalized spacial score (nSPS) is 14.9. The van der Waals surface area contributed by atoms with Gasteiger partial charge in [-0.2, -0.15) is 0 Å². The Morgan fingerprint density at radius 1 is 0.966 bits per heavy atom. The average Bonchev–Trinajstić information content (AvgIpc) is 2.69. The zero-order valence-electron chi connectivity index (χ0n) is 19.0. The molecular weight excluding hydrogens is 380 g/mol. The first-order chi connectivity index (χ1) is 13.6. The first-order valence-corrected chi connectivity index (χ1v) is 11.2. The molecule has 0 spiro atoms. The minimum atomic E-state index is -0.134. The number of benzene rings is 1. The summed E-state index contributed by atoms with van der Waals surface area (Å²) in [5, 5.41) is 0. The van der Waals surface area contributed by atoms with Crippen molar-refractivity contribution in [2.24, 2.45) is 0 Å². The molecule has 2 aromatic rings. The highest BCUT2D eigenvalue weighted by molar-refractivity contribution is 8.01. The molecule has 1 fully saturated rings. The summed E-state index contributed by atoms with van der Waals surface area (Å²) >= 11 is 1.92. The maximum Gasteiger partial charge on any atom is 0.161 e. The van der Waals surface area contributed by atoms with Crippen molar-refractivity contribution in [2.75, 3.05) is 36.9 Å². The van der Waals surface area contributed by atoms with Gasteiger partial charge in [0.25, 0.3) is 0 Å². The Hall–Kier alpha value is -1.79. The predicted molar refractivity (Wildman–Crippen MR) is 127 cm³/mol. The number of nitrogens with zero attached hydrogens (tertiary/aromatic N) is 3. The molecule has 6 heteroatoms. The van der Waals surface area contributed by atoms with Crippen LogP contribution in [0.3, 0.4) is 0 Å². The van der Waals surface area contributed by atoms with Crippen molar-refractivity contribution >= 4 is 23.3 Å². The molecule has 5 nitrogen and oxygen atoms in total. The number of anilines is 2. The summed E-state index contributed by atoms with van der Waals surface area (Å²) in [6.07, 6.45) is 0. The first kappa shape index (κ1) is 23.5. The van der Waals surface area contributed by atoms with Gasteiger partial charge in [0.2, 0.25) is 0 Å². The van der Waals surface area contributed by atoms with Crippen LogP contribution in [0.1, 0.15) is 54.2 Å². The lowest BCUT2D eigenvalue weighted by atomic mass is 10.1. The highest BCUT2D eigenvalue weighted by Crippen LogP contribution is 2.43. The van der Waals surface area contributed by atoms with Crippen LogP contribution in [0.5, 0.6) is 0 Å². The number of nitrogen functional groups attached to an aromatic ring is 1. The van der Waals surface area contributed by atoms with E-state index in [9.17, 15) is 0 Å². The lowest BCUT2D eigenvalue weighted by Gasteiger charge is -2.33. The SMILES string of the molecule is CC.CC(C)(C)SC(C)(C)c1cc(N2CCOCC2)nc(-c2ccc(N)cc2)n1. The molecule has 1 aromatic carbocycles.